The zero-order valence-electron chi connectivity index (χ0n) is 10.3. The second kappa shape index (κ2) is 6.41. The third-order valence-electron chi connectivity index (χ3n) is 2.48. The Morgan fingerprint density at radius 3 is 2.45 bits per heavy atom. The standard InChI is InChI=1S/C14H11Cl2N3O/c15-11-7-6-10(13(16)8-11)9-18-19(14(17)20)12-4-2-1-3-5-12/h1-9H,(H2,17,20). The van der Waals surface area contributed by atoms with Gasteiger partial charge in [-0.15, -0.1) is 0 Å². The maximum absolute atomic E-state index is 11.4. The van der Waals surface area contributed by atoms with E-state index in [1.807, 2.05) is 6.07 Å². The molecule has 2 amide bonds. The summed E-state index contributed by atoms with van der Waals surface area (Å²) in [6.07, 6.45) is 1.45. The summed E-state index contributed by atoms with van der Waals surface area (Å²) in [5.41, 5.74) is 6.52. The maximum atomic E-state index is 11.4. The fourth-order valence-electron chi connectivity index (χ4n) is 1.55. The molecule has 6 heteroatoms. The molecule has 0 fully saturated rings. The molecule has 4 nitrogen and oxygen atoms in total. The molecule has 0 aromatic heterocycles. The highest BCUT2D eigenvalue weighted by atomic mass is 35.5. The Hall–Kier alpha value is -2.04. The van der Waals surface area contributed by atoms with Crippen LogP contribution in [0.1, 0.15) is 5.56 Å². The largest absolute Gasteiger partial charge is 0.350 e. The monoisotopic (exact) mass is 307 g/mol. The molecule has 0 aliphatic heterocycles. The summed E-state index contributed by atoms with van der Waals surface area (Å²) in [5, 5.41) is 6.12. The van der Waals surface area contributed by atoms with Crippen molar-refractivity contribution >= 4 is 41.1 Å². The fraction of sp³-hybridized carbons (Fsp3) is 0. The topological polar surface area (TPSA) is 58.7 Å². The van der Waals surface area contributed by atoms with Gasteiger partial charge in [-0.1, -0.05) is 47.5 Å². The normalized spacial score (nSPS) is 10.7. The van der Waals surface area contributed by atoms with Gasteiger partial charge < -0.3 is 5.73 Å². The highest BCUT2D eigenvalue weighted by Crippen LogP contribution is 2.20. The molecule has 0 atom stereocenters. The van der Waals surface area contributed by atoms with Gasteiger partial charge in [0.05, 0.1) is 16.9 Å². The van der Waals surface area contributed by atoms with E-state index in [0.717, 1.165) is 5.01 Å². The minimum absolute atomic E-state index is 0.443. The molecule has 0 unspecified atom stereocenters. The van der Waals surface area contributed by atoms with Crippen LogP contribution in [0.3, 0.4) is 0 Å². The lowest BCUT2D eigenvalue weighted by Gasteiger charge is -2.13. The summed E-state index contributed by atoms with van der Waals surface area (Å²) < 4.78 is 0. The number of amides is 2. The summed E-state index contributed by atoms with van der Waals surface area (Å²) in [4.78, 5) is 11.4. The molecule has 0 aliphatic carbocycles. The van der Waals surface area contributed by atoms with Gasteiger partial charge in [0.25, 0.3) is 0 Å². The van der Waals surface area contributed by atoms with E-state index in [-0.39, 0.29) is 0 Å². The summed E-state index contributed by atoms with van der Waals surface area (Å²) >= 11 is 11.8. The van der Waals surface area contributed by atoms with E-state index < -0.39 is 6.03 Å². The Kier molecular flexibility index (Phi) is 4.61. The lowest BCUT2D eigenvalue weighted by Crippen LogP contribution is -2.31. The van der Waals surface area contributed by atoms with Crippen molar-refractivity contribution in [1.29, 1.82) is 0 Å². The lowest BCUT2D eigenvalue weighted by molar-refractivity contribution is 0.254. The highest BCUT2D eigenvalue weighted by molar-refractivity contribution is 6.36. The van der Waals surface area contributed by atoms with Crippen LogP contribution in [-0.4, -0.2) is 12.2 Å². The van der Waals surface area contributed by atoms with Gasteiger partial charge in [0.15, 0.2) is 0 Å². The molecule has 0 saturated heterocycles. The Balaban J connectivity index is 2.29. The molecule has 0 aliphatic rings. The predicted molar refractivity (Wildman–Crippen MR) is 82.6 cm³/mol. The molecular formula is C14H11Cl2N3O. The number of rotatable bonds is 3. The van der Waals surface area contributed by atoms with Gasteiger partial charge in [0.1, 0.15) is 0 Å². The number of para-hydroxylation sites is 1. The number of hydrogen-bond acceptors (Lipinski definition) is 2. The van der Waals surface area contributed by atoms with Crippen LogP contribution in [0.4, 0.5) is 10.5 Å². The number of halogens is 2. The molecule has 0 heterocycles. The van der Waals surface area contributed by atoms with Crippen molar-refractivity contribution in [3.63, 3.8) is 0 Å². The molecule has 2 rings (SSSR count). The molecule has 0 bridgehead atoms. The van der Waals surface area contributed by atoms with Crippen LogP contribution in [0.2, 0.25) is 10.0 Å². The molecule has 0 saturated carbocycles. The van der Waals surface area contributed by atoms with Gasteiger partial charge in [-0.3, -0.25) is 0 Å². The van der Waals surface area contributed by atoms with Gasteiger partial charge in [0.2, 0.25) is 0 Å². The van der Waals surface area contributed by atoms with Crippen molar-refractivity contribution in [2.24, 2.45) is 10.8 Å². The van der Waals surface area contributed by atoms with Crippen LogP contribution in [0.25, 0.3) is 0 Å². The maximum Gasteiger partial charge on any atom is 0.340 e. The number of carbonyl (C=O) groups excluding carboxylic acids is 1. The zero-order valence-corrected chi connectivity index (χ0v) is 11.8. The van der Waals surface area contributed by atoms with Gasteiger partial charge in [-0.2, -0.15) is 10.1 Å². The van der Waals surface area contributed by atoms with Crippen molar-refractivity contribution in [1.82, 2.24) is 0 Å². The third-order valence-corrected chi connectivity index (χ3v) is 3.05. The summed E-state index contributed by atoms with van der Waals surface area (Å²) in [7, 11) is 0. The van der Waals surface area contributed by atoms with Gasteiger partial charge in [0, 0.05) is 10.6 Å². The smallest absolute Gasteiger partial charge is 0.340 e. The number of carbonyl (C=O) groups is 1. The summed E-state index contributed by atoms with van der Waals surface area (Å²) in [6.45, 7) is 0. The number of nitrogens with two attached hydrogens (primary N) is 1. The Morgan fingerprint density at radius 2 is 1.85 bits per heavy atom. The van der Waals surface area contributed by atoms with Crippen LogP contribution < -0.4 is 10.7 Å². The van der Waals surface area contributed by atoms with E-state index in [1.165, 1.54) is 6.21 Å². The first kappa shape index (κ1) is 14.4. The van der Waals surface area contributed by atoms with E-state index >= 15 is 0 Å². The summed E-state index contributed by atoms with van der Waals surface area (Å²) in [6, 6.07) is 13.2. The molecule has 2 aromatic carbocycles. The van der Waals surface area contributed by atoms with Crippen LogP contribution in [0.15, 0.2) is 53.6 Å². The zero-order chi connectivity index (χ0) is 14.5. The van der Waals surface area contributed by atoms with Crippen LogP contribution >= 0.6 is 23.2 Å². The number of hydrazone groups is 1. The Labute approximate surface area is 126 Å². The lowest BCUT2D eigenvalue weighted by atomic mass is 10.2. The average Bonchev–Trinajstić information content (AvgIpc) is 2.42. The second-order valence-electron chi connectivity index (χ2n) is 3.90. The van der Waals surface area contributed by atoms with E-state index in [2.05, 4.69) is 5.10 Å². The molecule has 0 spiro atoms. The first-order valence-corrected chi connectivity index (χ1v) is 6.47. The second-order valence-corrected chi connectivity index (χ2v) is 4.74. The van der Waals surface area contributed by atoms with Gasteiger partial charge in [-0.05, 0) is 24.3 Å². The first-order valence-electron chi connectivity index (χ1n) is 5.71. The molecule has 0 radical (unpaired) electrons. The van der Waals surface area contributed by atoms with Crippen LogP contribution in [-0.2, 0) is 0 Å². The van der Waals surface area contributed by atoms with Crippen molar-refractivity contribution in [3.8, 4) is 0 Å². The molecular weight excluding hydrogens is 297 g/mol. The van der Waals surface area contributed by atoms with E-state index in [9.17, 15) is 4.79 Å². The van der Waals surface area contributed by atoms with Crippen molar-refractivity contribution in [3.05, 3.63) is 64.1 Å². The predicted octanol–water partition coefficient (Wildman–Crippen LogP) is 3.91. The minimum Gasteiger partial charge on any atom is -0.350 e. The number of anilines is 1. The average molecular weight is 308 g/mol. The van der Waals surface area contributed by atoms with Crippen molar-refractivity contribution in [2.75, 3.05) is 5.01 Å². The SMILES string of the molecule is NC(=O)N(N=Cc1ccc(Cl)cc1Cl)c1ccccc1. The molecule has 2 N–H and O–H groups in total. The van der Waals surface area contributed by atoms with E-state index in [1.54, 1.807) is 42.5 Å². The number of benzene rings is 2. The minimum atomic E-state index is -0.683. The fourth-order valence-corrected chi connectivity index (χ4v) is 2.00. The number of nitrogens with zero attached hydrogens (tertiary/aromatic N) is 2. The Morgan fingerprint density at radius 1 is 1.15 bits per heavy atom. The number of primary amides is 1. The number of urea groups is 1. The Bertz CT molecular complexity index is 644. The third kappa shape index (κ3) is 3.50. The van der Waals surface area contributed by atoms with E-state index in [4.69, 9.17) is 28.9 Å². The summed E-state index contributed by atoms with van der Waals surface area (Å²) in [5.74, 6) is 0. The van der Waals surface area contributed by atoms with Crippen LogP contribution in [0, 0.1) is 0 Å². The van der Waals surface area contributed by atoms with Crippen molar-refractivity contribution in [2.45, 2.75) is 0 Å². The van der Waals surface area contributed by atoms with Gasteiger partial charge >= 0.3 is 6.03 Å². The molecule has 20 heavy (non-hydrogen) atoms. The van der Waals surface area contributed by atoms with Crippen molar-refractivity contribution < 1.29 is 4.79 Å². The first-order chi connectivity index (χ1) is 9.58. The molecule has 102 valence electrons. The molecule has 2 aromatic rings. The quantitative estimate of drug-likeness (QED) is 0.678. The highest BCUT2D eigenvalue weighted by Gasteiger charge is 2.10. The van der Waals surface area contributed by atoms with Gasteiger partial charge in [-0.25, -0.2) is 4.79 Å². The van der Waals surface area contributed by atoms with Crippen LogP contribution in [0.5, 0.6) is 0 Å². The van der Waals surface area contributed by atoms with E-state index in [0.29, 0.717) is 21.3 Å². The number of hydrogen-bond donors (Lipinski definition) is 1.